The number of amides is 1. The van der Waals surface area contributed by atoms with Crippen LogP contribution >= 0.6 is 0 Å². The molecule has 0 aromatic carbocycles. The number of hydrogen-bond donors (Lipinski definition) is 3. The lowest BCUT2D eigenvalue weighted by molar-refractivity contribution is -0.151. The first-order valence-electron chi connectivity index (χ1n) is 25.0. The summed E-state index contributed by atoms with van der Waals surface area (Å²) in [6.07, 6.45) is 63.3. The molecular formula is C55H93NO5. The zero-order valence-electron chi connectivity index (χ0n) is 39.5. The van der Waals surface area contributed by atoms with E-state index in [4.69, 9.17) is 4.74 Å². The van der Waals surface area contributed by atoms with E-state index in [1.165, 1.54) is 64.2 Å². The van der Waals surface area contributed by atoms with Gasteiger partial charge in [0.2, 0.25) is 5.91 Å². The van der Waals surface area contributed by atoms with Crippen molar-refractivity contribution in [1.82, 2.24) is 5.32 Å². The standard InChI is InChI=1S/C55H93NO5/c1-4-7-10-13-16-19-22-25-26-27-28-30-33-36-39-42-45-48-55(60)61-51(46-43-40-37-34-31-24-21-18-15-12-9-6-3)49-54(59)56-52(50-57)53(58)47-44-41-38-35-32-29-23-20-17-14-11-8-5-2/h7,9-10,12,16,18-19,21,25-26,28,30-31,34,36,39,51-53,57-58H,4-6,8,11,13-15,17,20,22-24,27,29,32-33,35,37-38,40-50H2,1-3H3,(H,56,59)/b10-7-,12-9+,19-16-,21-18+,26-25-,30-28-,34-31+,39-36-. The van der Waals surface area contributed by atoms with Crippen molar-refractivity contribution in [3.05, 3.63) is 97.2 Å². The van der Waals surface area contributed by atoms with Gasteiger partial charge in [-0.15, -0.1) is 0 Å². The van der Waals surface area contributed by atoms with E-state index in [1.54, 1.807) is 0 Å². The maximum atomic E-state index is 13.2. The Morgan fingerprint density at radius 3 is 1.33 bits per heavy atom. The highest BCUT2D eigenvalue weighted by atomic mass is 16.5. The Kier molecular flexibility index (Phi) is 45.3. The van der Waals surface area contributed by atoms with Crippen LogP contribution in [-0.2, 0) is 14.3 Å². The SMILES string of the molecule is CC/C=C\C/C=C\C/C=C\C/C=C\C/C=C\CCCC(=O)OC(CCCC/C=C/C/C=C/C/C=C/CC)CC(=O)NC(CO)C(O)CCCCCCCCCCCCCCC. The van der Waals surface area contributed by atoms with Gasteiger partial charge in [-0.05, 0) is 96.3 Å². The number of nitrogens with one attached hydrogen (secondary N) is 1. The van der Waals surface area contributed by atoms with E-state index in [9.17, 15) is 19.8 Å². The van der Waals surface area contributed by atoms with E-state index >= 15 is 0 Å². The Morgan fingerprint density at radius 2 is 0.885 bits per heavy atom. The van der Waals surface area contributed by atoms with E-state index < -0.39 is 18.2 Å². The number of carbonyl (C=O) groups excluding carboxylic acids is 2. The molecule has 0 aliphatic heterocycles. The van der Waals surface area contributed by atoms with Gasteiger partial charge in [-0.1, -0.05) is 201 Å². The number of esters is 1. The van der Waals surface area contributed by atoms with Gasteiger partial charge in [0, 0.05) is 6.42 Å². The van der Waals surface area contributed by atoms with Gasteiger partial charge in [0.15, 0.2) is 0 Å². The summed E-state index contributed by atoms with van der Waals surface area (Å²) in [6, 6.07) is -0.730. The molecule has 3 N–H and O–H groups in total. The fourth-order valence-electron chi connectivity index (χ4n) is 6.95. The van der Waals surface area contributed by atoms with Gasteiger partial charge in [0.25, 0.3) is 0 Å². The number of aliphatic hydroxyl groups excluding tert-OH is 2. The highest BCUT2D eigenvalue weighted by molar-refractivity contribution is 5.77. The molecule has 0 aromatic heterocycles. The Hall–Kier alpha value is -3.22. The quantitative estimate of drug-likeness (QED) is 0.0323. The topological polar surface area (TPSA) is 95.9 Å². The largest absolute Gasteiger partial charge is 0.462 e. The number of rotatable bonds is 43. The zero-order chi connectivity index (χ0) is 44.5. The fraction of sp³-hybridized carbons (Fsp3) is 0.673. The Balaban J connectivity index is 4.72. The second-order valence-corrected chi connectivity index (χ2v) is 16.4. The third kappa shape index (κ3) is 43.2. The van der Waals surface area contributed by atoms with Gasteiger partial charge in [-0.25, -0.2) is 0 Å². The Bertz CT molecular complexity index is 1220. The van der Waals surface area contributed by atoms with Crippen molar-refractivity contribution in [1.29, 1.82) is 0 Å². The number of unbranched alkanes of at least 4 members (excludes halogenated alkanes) is 15. The number of aliphatic hydroxyl groups is 2. The van der Waals surface area contributed by atoms with Gasteiger partial charge in [-0.3, -0.25) is 9.59 Å². The molecule has 0 heterocycles. The molecule has 0 fully saturated rings. The summed E-state index contributed by atoms with van der Waals surface area (Å²) in [5.41, 5.74) is 0. The second kappa shape index (κ2) is 47.8. The summed E-state index contributed by atoms with van der Waals surface area (Å²) in [5.74, 6) is -0.590. The van der Waals surface area contributed by atoms with Crippen LogP contribution in [0.3, 0.4) is 0 Å². The van der Waals surface area contributed by atoms with Crippen molar-refractivity contribution in [2.24, 2.45) is 0 Å². The van der Waals surface area contributed by atoms with E-state index in [0.29, 0.717) is 25.7 Å². The summed E-state index contributed by atoms with van der Waals surface area (Å²) in [6.45, 7) is 6.22. The molecule has 0 aliphatic carbocycles. The van der Waals surface area contributed by atoms with Gasteiger partial charge >= 0.3 is 5.97 Å². The average Bonchev–Trinajstić information content (AvgIpc) is 3.25. The van der Waals surface area contributed by atoms with Crippen molar-refractivity contribution in [3.8, 4) is 0 Å². The van der Waals surface area contributed by atoms with Gasteiger partial charge in [0.1, 0.15) is 6.10 Å². The Morgan fingerprint density at radius 1 is 0.492 bits per heavy atom. The summed E-state index contributed by atoms with van der Waals surface area (Å²) < 4.78 is 5.87. The predicted octanol–water partition coefficient (Wildman–Crippen LogP) is 14.9. The van der Waals surface area contributed by atoms with Crippen molar-refractivity contribution in [2.45, 2.75) is 232 Å². The summed E-state index contributed by atoms with van der Waals surface area (Å²) >= 11 is 0. The lowest BCUT2D eigenvalue weighted by Crippen LogP contribution is -2.46. The van der Waals surface area contributed by atoms with Gasteiger partial charge < -0.3 is 20.3 Å². The zero-order valence-corrected chi connectivity index (χ0v) is 39.5. The van der Waals surface area contributed by atoms with Crippen LogP contribution < -0.4 is 5.32 Å². The smallest absolute Gasteiger partial charge is 0.306 e. The molecule has 0 bridgehead atoms. The molecule has 0 rings (SSSR count). The molecule has 348 valence electrons. The minimum absolute atomic E-state index is 0.0234. The molecule has 0 aromatic rings. The van der Waals surface area contributed by atoms with Crippen molar-refractivity contribution in [3.63, 3.8) is 0 Å². The number of ether oxygens (including phenoxy) is 1. The van der Waals surface area contributed by atoms with Crippen LogP contribution in [0.1, 0.15) is 213 Å². The highest BCUT2D eigenvalue weighted by Gasteiger charge is 2.24. The first kappa shape index (κ1) is 57.8. The first-order valence-corrected chi connectivity index (χ1v) is 25.0. The van der Waals surface area contributed by atoms with Crippen molar-refractivity contribution in [2.75, 3.05) is 6.61 Å². The molecule has 6 nitrogen and oxygen atoms in total. The van der Waals surface area contributed by atoms with Crippen LogP contribution in [-0.4, -0.2) is 46.9 Å². The lowest BCUT2D eigenvalue weighted by Gasteiger charge is -2.24. The van der Waals surface area contributed by atoms with Gasteiger partial charge in [-0.2, -0.15) is 0 Å². The Labute approximate surface area is 376 Å². The summed E-state index contributed by atoms with van der Waals surface area (Å²) in [7, 11) is 0. The maximum absolute atomic E-state index is 13.2. The van der Waals surface area contributed by atoms with E-state index in [2.05, 4.69) is 123 Å². The molecular weight excluding hydrogens is 755 g/mol. The second-order valence-electron chi connectivity index (χ2n) is 16.4. The highest BCUT2D eigenvalue weighted by Crippen LogP contribution is 2.16. The maximum Gasteiger partial charge on any atom is 0.306 e. The van der Waals surface area contributed by atoms with E-state index in [1.807, 2.05) is 0 Å². The average molecular weight is 848 g/mol. The van der Waals surface area contributed by atoms with Crippen LogP contribution in [0.25, 0.3) is 0 Å². The predicted molar refractivity (Wildman–Crippen MR) is 264 cm³/mol. The molecule has 3 unspecified atom stereocenters. The molecule has 6 heteroatoms. The van der Waals surface area contributed by atoms with E-state index in [0.717, 1.165) is 96.3 Å². The third-order valence-corrected chi connectivity index (χ3v) is 10.7. The van der Waals surface area contributed by atoms with Crippen molar-refractivity contribution < 1.29 is 24.5 Å². The molecule has 0 saturated heterocycles. The minimum atomic E-state index is -0.812. The summed E-state index contributed by atoms with van der Waals surface area (Å²) in [5, 5.41) is 23.7. The van der Waals surface area contributed by atoms with Crippen molar-refractivity contribution >= 4 is 11.9 Å². The van der Waals surface area contributed by atoms with Crippen LogP contribution in [0.2, 0.25) is 0 Å². The third-order valence-electron chi connectivity index (χ3n) is 10.7. The van der Waals surface area contributed by atoms with E-state index in [-0.39, 0.29) is 24.9 Å². The molecule has 0 saturated carbocycles. The fourth-order valence-corrected chi connectivity index (χ4v) is 6.95. The molecule has 61 heavy (non-hydrogen) atoms. The molecule has 3 atom stereocenters. The molecule has 1 amide bonds. The number of carbonyl (C=O) groups is 2. The van der Waals surface area contributed by atoms with Crippen LogP contribution in [0.4, 0.5) is 0 Å². The van der Waals surface area contributed by atoms with Gasteiger partial charge in [0.05, 0.1) is 25.2 Å². The molecule has 0 spiro atoms. The normalized spacial score (nSPS) is 14.1. The molecule has 0 aliphatic rings. The number of allylic oxidation sites excluding steroid dienone is 16. The first-order chi connectivity index (χ1) is 30.0. The summed E-state index contributed by atoms with van der Waals surface area (Å²) in [4.78, 5) is 26.1. The van der Waals surface area contributed by atoms with Crippen LogP contribution in [0, 0.1) is 0 Å². The van der Waals surface area contributed by atoms with Crippen LogP contribution in [0.15, 0.2) is 97.2 Å². The molecule has 0 radical (unpaired) electrons. The lowest BCUT2D eigenvalue weighted by atomic mass is 10.0. The number of hydrogen-bond acceptors (Lipinski definition) is 5. The monoisotopic (exact) mass is 848 g/mol. The van der Waals surface area contributed by atoms with Crippen LogP contribution in [0.5, 0.6) is 0 Å². The minimum Gasteiger partial charge on any atom is -0.462 e.